The Bertz CT molecular complexity index is 914. The van der Waals surface area contributed by atoms with Gasteiger partial charge in [-0.05, 0) is 42.8 Å². The molecular formula is C19H18BrN3O4. The highest BCUT2D eigenvalue weighted by Crippen LogP contribution is 2.30. The number of ether oxygens (including phenoxy) is 2. The van der Waals surface area contributed by atoms with Crippen molar-refractivity contribution in [2.45, 2.75) is 12.5 Å². The third-order valence-corrected chi connectivity index (χ3v) is 4.83. The van der Waals surface area contributed by atoms with Crippen molar-refractivity contribution in [1.29, 1.82) is 0 Å². The van der Waals surface area contributed by atoms with E-state index in [9.17, 15) is 9.59 Å². The summed E-state index contributed by atoms with van der Waals surface area (Å²) in [5, 5.41) is 7.61. The topological polar surface area (TPSA) is 80.2 Å². The summed E-state index contributed by atoms with van der Waals surface area (Å²) < 4.78 is 11.2. The van der Waals surface area contributed by atoms with E-state index in [4.69, 9.17) is 9.47 Å². The zero-order valence-corrected chi connectivity index (χ0v) is 16.6. The van der Waals surface area contributed by atoms with Crippen LogP contribution >= 0.6 is 15.9 Å². The molecule has 3 amide bonds. The fourth-order valence-corrected chi connectivity index (χ4v) is 3.15. The van der Waals surface area contributed by atoms with Crippen molar-refractivity contribution in [3.05, 3.63) is 58.1 Å². The van der Waals surface area contributed by atoms with E-state index in [0.29, 0.717) is 22.6 Å². The number of rotatable bonds is 5. The van der Waals surface area contributed by atoms with Crippen LogP contribution in [0.25, 0.3) is 0 Å². The minimum absolute atomic E-state index is 0.470. The van der Waals surface area contributed by atoms with Gasteiger partial charge in [0.15, 0.2) is 0 Å². The Morgan fingerprint density at radius 1 is 1.11 bits per heavy atom. The minimum atomic E-state index is -1.21. The van der Waals surface area contributed by atoms with Crippen LogP contribution in [0.2, 0.25) is 0 Å². The number of methoxy groups -OCH3 is 2. The number of carbonyl (C=O) groups excluding carboxylic acids is 2. The van der Waals surface area contributed by atoms with Gasteiger partial charge in [-0.3, -0.25) is 4.79 Å². The molecule has 3 rings (SSSR count). The average Bonchev–Trinajstić information content (AvgIpc) is 2.89. The maximum Gasteiger partial charge on any atom is 0.346 e. The van der Waals surface area contributed by atoms with Crippen molar-refractivity contribution in [2.24, 2.45) is 5.10 Å². The number of hydrogen-bond acceptors (Lipinski definition) is 5. The van der Waals surface area contributed by atoms with E-state index in [-0.39, 0.29) is 0 Å². The van der Waals surface area contributed by atoms with Gasteiger partial charge >= 0.3 is 6.03 Å². The second kappa shape index (κ2) is 7.40. The lowest BCUT2D eigenvalue weighted by molar-refractivity contribution is -0.131. The molecule has 0 aliphatic carbocycles. The fourth-order valence-electron chi connectivity index (χ4n) is 2.78. The van der Waals surface area contributed by atoms with E-state index >= 15 is 0 Å². The van der Waals surface area contributed by atoms with E-state index in [1.807, 2.05) is 6.07 Å². The van der Waals surface area contributed by atoms with Crippen LogP contribution in [0.3, 0.4) is 0 Å². The van der Waals surface area contributed by atoms with Gasteiger partial charge in [-0.15, -0.1) is 5.01 Å². The molecule has 7 nitrogen and oxygen atoms in total. The lowest BCUT2D eigenvalue weighted by Crippen LogP contribution is -2.40. The van der Waals surface area contributed by atoms with Crippen LogP contribution in [-0.2, 0) is 10.3 Å². The average molecular weight is 432 g/mol. The second-order valence-electron chi connectivity index (χ2n) is 6.03. The summed E-state index contributed by atoms with van der Waals surface area (Å²) in [5.41, 5.74) is 0.0621. The van der Waals surface area contributed by atoms with Crippen molar-refractivity contribution in [2.75, 3.05) is 14.2 Å². The van der Waals surface area contributed by atoms with E-state index in [2.05, 4.69) is 26.3 Å². The molecule has 1 N–H and O–H groups in total. The lowest BCUT2D eigenvalue weighted by atomic mass is 9.92. The molecule has 1 saturated heterocycles. The van der Waals surface area contributed by atoms with Crippen molar-refractivity contribution in [3.63, 3.8) is 0 Å². The number of amides is 3. The Balaban J connectivity index is 1.89. The maximum atomic E-state index is 12.9. The first-order valence-corrected chi connectivity index (χ1v) is 8.87. The molecule has 0 bridgehead atoms. The molecule has 27 heavy (non-hydrogen) atoms. The van der Waals surface area contributed by atoms with Crippen LogP contribution in [0.5, 0.6) is 11.5 Å². The Kier molecular flexibility index (Phi) is 5.18. The Labute approximate surface area is 165 Å². The van der Waals surface area contributed by atoms with Gasteiger partial charge in [-0.25, -0.2) is 4.79 Å². The quantitative estimate of drug-likeness (QED) is 0.581. The maximum absolute atomic E-state index is 12.9. The predicted octanol–water partition coefficient (Wildman–Crippen LogP) is 3.27. The van der Waals surface area contributed by atoms with Crippen molar-refractivity contribution < 1.29 is 19.1 Å². The van der Waals surface area contributed by atoms with Gasteiger partial charge in [0.2, 0.25) is 0 Å². The minimum Gasteiger partial charge on any atom is -0.497 e. The first-order chi connectivity index (χ1) is 12.9. The van der Waals surface area contributed by atoms with Crippen molar-refractivity contribution in [1.82, 2.24) is 10.3 Å². The monoisotopic (exact) mass is 431 g/mol. The standard InChI is InChI=1S/C19H18BrN3O4/c1-19(13-4-7-15(26-2)8-5-13)17(24)23(18(25)22-19)21-11-12-10-14(20)6-9-16(12)27-3/h4-11H,1-3H3,(H,22,25). The Morgan fingerprint density at radius 3 is 2.44 bits per heavy atom. The third-order valence-electron chi connectivity index (χ3n) is 4.34. The molecule has 1 unspecified atom stereocenters. The fraction of sp³-hybridized carbons (Fsp3) is 0.211. The molecule has 8 heteroatoms. The molecule has 0 saturated carbocycles. The molecule has 1 heterocycles. The van der Waals surface area contributed by atoms with Crippen LogP contribution in [0, 0.1) is 0 Å². The van der Waals surface area contributed by atoms with Gasteiger partial charge in [0.05, 0.1) is 20.4 Å². The molecule has 1 atom stereocenters. The molecule has 2 aromatic carbocycles. The van der Waals surface area contributed by atoms with Gasteiger partial charge < -0.3 is 14.8 Å². The predicted molar refractivity (Wildman–Crippen MR) is 104 cm³/mol. The summed E-state index contributed by atoms with van der Waals surface area (Å²) >= 11 is 3.38. The number of nitrogens with zero attached hydrogens (tertiary/aromatic N) is 2. The van der Waals surface area contributed by atoms with Crippen LogP contribution in [0.4, 0.5) is 4.79 Å². The lowest BCUT2D eigenvalue weighted by Gasteiger charge is -2.21. The second-order valence-corrected chi connectivity index (χ2v) is 6.95. The summed E-state index contributed by atoms with van der Waals surface area (Å²) in [6, 6.07) is 11.7. The van der Waals surface area contributed by atoms with Crippen LogP contribution in [-0.4, -0.2) is 37.4 Å². The summed E-state index contributed by atoms with van der Waals surface area (Å²) in [5.74, 6) is 0.769. The number of carbonyl (C=O) groups is 2. The van der Waals surface area contributed by atoms with Gasteiger partial charge in [0.1, 0.15) is 17.0 Å². The van der Waals surface area contributed by atoms with E-state index < -0.39 is 17.5 Å². The summed E-state index contributed by atoms with van der Waals surface area (Å²) in [7, 11) is 3.10. The number of halogens is 1. The van der Waals surface area contributed by atoms with Crippen LogP contribution in [0.1, 0.15) is 18.1 Å². The van der Waals surface area contributed by atoms with Gasteiger partial charge in [0.25, 0.3) is 5.91 Å². The number of urea groups is 1. The molecule has 0 spiro atoms. The Morgan fingerprint density at radius 2 is 1.81 bits per heavy atom. The summed E-state index contributed by atoms with van der Waals surface area (Å²) in [6.45, 7) is 1.64. The van der Waals surface area contributed by atoms with Gasteiger partial charge in [0, 0.05) is 10.0 Å². The van der Waals surface area contributed by atoms with Crippen LogP contribution in [0.15, 0.2) is 52.0 Å². The van der Waals surface area contributed by atoms with Gasteiger partial charge in [-0.1, -0.05) is 28.1 Å². The summed E-state index contributed by atoms with van der Waals surface area (Å²) in [6.07, 6.45) is 1.42. The molecule has 1 aliphatic heterocycles. The zero-order chi connectivity index (χ0) is 19.6. The zero-order valence-electron chi connectivity index (χ0n) is 15.0. The first-order valence-electron chi connectivity index (χ1n) is 8.08. The number of nitrogens with one attached hydrogen (secondary N) is 1. The smallest absolute Gasteiger partial charge is 0.346 e. The molecule has 1 fully saturated rings. The van der Waals surface area contributed by atoms with E-state index in [1.54, 1.807) is 50.4 Å². The normalized spacial score (nSPS) is 19.5. The molecule has 140 valence electrons. The highest BCUT2D eigenvalue weighted by molar-refractivity contribution is 9.10. The van der Waals surface area contributed by atoms with Crippen molar-refractivity contribution in [3.8, 4) is 11.5 Å². The largest absolute Gasteiger partial charge is 0.497 e. The summed E-state index contributed by atoms with van der Waals surface area (Å²) in [4.78, 5) is 25.2. The highest BCUT2D eigenvalue weighted by atomic mass is 79.9. The van der Waals surface area contributed by atoms with Crippen molar-refractivity contribution >= 4 is 34.1 Å². The number of benzene rings is 2. The molecular weight excluding hydrogens is 414 g/mol. The highest BCUT2D eigenvalue weighted by Gasteiger charge is 2.49. The molecule has 2 aromatic rings. The first kappa shape index (κ1) is 18.9. The number of hydrogen-bond donors (Lipinski definition) is 1. The molecule has 0 aromatic heterocycles. The molecule has 1 aliphatic rings. The third kappa shape index (κ3) is 3.52. The van der Waals surface area contributed by atoms with E-state index in [1.165, 1.54) is 13.3 Å². The van der Waals surface area contributed by atoms with Gasteiger partial charge in [-0.2, -0.15) is 5.10 Å². The number of hydrazone groups is 1. The molecule has 0 radical (unpaired) electrons. The number of imide groups is 1. The Hall–Kier alpha value is -2.87. The van der Waals surface area contributed by atoms with Crippen LogP contribution < -0.4 is 14.8 Å². The van der Waals surface area contributed by atoms with E-state index in [0.717, 1.165) is 9.48 Å². The SMILES string of the molecule is COc1ccc(C2(C)NC(=O)N(N=Cc3cc(Br)ccc3OC)C2=O)cc1.